The zero-order valence-corrected chi connectivity index (χ0v) is 11.6. The number of aromatic nitrogens is 4. The van der Waals surface area contributed by atoms with Crippen LogP contribution in [0.1, 0.15) is 15.9 Å². The first-order valence-corrected chi connectivity index (χ1v) is 6.40. The molecule has 0 fully saturated rings. The van der Waals surface area contributed by atoms with E-state index in [0.29, 0.717) is 16.7 Å². The van der Waals surface area contributed by atoms with E-state index in [-0.39, 0.29) is 22.4 Å². The largest absolute Gasteiger partial charge is 0.507 e. The molecule has 1 aromatic carbocycles. The van der Waals surface area contributed by atoms with Gasteiger partial charge in [0.2, 0.25) is 5.95 Å². The van der Waals surface area contributed by atoms with Crippen LogP contribution in [-0.4, -0.2) is 30.9 Å². The van der Waals surface area contributed by atoms with Crippen LogP contribution in [0.4, 0.5) is 5.95 Å². The molecule has 0 saturated heterocycles. The highest BCUT2D eigenvalue weighted by molar-refractivity contribution is 6.33. The van der Waals surface area contributed by atoms with Crippen molar-refractivity contribution >= 4 is 34.6 Å². The maximum atomic E-state index is 12.2. The maximum absolute atomic E-state index is 12.2. The molecule has 0 spiro atoms. The Morgan fingerprint density at radius 2 is 2.19 bits per heavy atom. The third-order valence-electron chi connectivity index (χ3n) is 2.95. The van der Waals surface area contributed by atoms with Crippen molar-refractivity contribution < 1.29 is 9.90 Å². The molecule has 0 atom stereocenters. The number of fused-ring (bicyclic) bond motifs is 1. The number of para-hydroxylation sites is 1. The van der Waals surface area contributed by atoms with Gasteiger partial charge >= 0.3 is 0 Å². The van der Waals surface area contributed by atoms with Gasteiger partial charge in [0, 0.05) is 0 Å². The van der Waals surface area contributed by atoms with Crippen molar-refractivity contribution in [3.05, 3.63) is 40.8 Å². The van der Waals surface area contributed by atoms with Gasteiger partial charge in [-0.3, -0.25) is 10.1 Å². The fourth-order valence-corrected chi connectivity index (χ4v) is 2.08. The number of aromatic amines is 1. The summed E-state index contributed by atoms with van der Waals surface area (Å²) < 4.78 is 0. The van der Waals surface area contributed by atoms with E-state index in [1.54, 1.807) is 19.1 Å². The van der Waals surface area contributed by atoms with Crippen molar-refractivity contribution in [1.82, 2.24) is 19.9 Å². The standard InChI is InChI=1S/C13H10ClN5O2/c1-6-3-2-4-7(9(6)20)12(21)19-13-17-10(14)8-11(18-13)16-5-15-8/h2-5,20H,1H3,(H2,15,16,17,18,19,21). The number of rotatable bonds is 2. The Morgan fingerprint density at radius 1 is 1.38 bits per heavy atom. The molecule has 0 aliphatic heterocycles. The molecule has 0 bridgehead atoms. The first-order valence-electron chi connectivity index (χ1n) is 6.03. The van der Waals surface area contributed by atoms with Crippen LogP contribution in [-0.2, 0) is 0 Å². The van der Waals surface area contributed by atoms with Gasteiger partial charge in [-0.1, -0.05) is 23.7 Å². The summed E-state index contributed by atoms with van der Waals surface area (Å²) in [6.07, 6.45) is 1.43. The number of hydrogen-bond acceptors (Lipinski definition) is 5. The van der Waals surface area contributed by atoms with E-state index in [9.17, 15) is 9.90 Å². The van der Waals surface area contributed by atoms with E-state index >= 15 is 0 Å². The SMILES string of the molecule is Cc1cccc(C(=O)Nc2nc(Cl)c3[nH]cnc3n2)c1O. The minimum Gasteiger partial charge on any atom is -0.507 e. The first kappa shape index (κ1) is 13.3. The molecule has 2 aromatic heterocycles. The number of nitrogens with one attached hydrogen (secondary N) is 2. The third kappa shape index (κ3) is 2.38. The van der Waals surface area contributed by atoms with Crippen molar-refractivity contribution in [2.75, 3.05) is 5.32 Å². The Bertz CT molecular complexity index is 846. The van der Waals surface area contributed by atoms with Crippen LogP contribution < -0.4 is 5.32 Å². The quantitative estimate of drug-likeness (QED) is 0.630. The van der Waals surface area contributed by atoms with E-state index in [2.05, 4.69) is 25.3 Å². The highest BCUT2D eigenvalue weighted by atomic mass is 35.5. The number of aromatic hydroxyl groups is 1. The molecule has 2 heterocycles. The summed E-state index contributed by atoms with van der Waals surface area (Å²) in [5.41, 5.74) is 1.58. The van der Waals surface area contributed by atoms with Crippen LogP contribution in [0.5, 0.6) is 5.75 Å². The molecule has 3 aromatic rings. The number of imidazole rings is 1. The lowest BCUT2D eigenvalue weighted by molar-refractivity contribution is 0.102. The molecule has 21 heavy (non-hydrogen) atoms. The van der Waals surface area contributed by atoms with Crippen LogP contribution in [0.3, 0.4) is 0 Å². The summed E-state index contributed by atoms with van der Waals surface area (Å²) in [5, 5.41) is 12.5. The number of phenols is 1. The van der Waals surface area contributed by atoms with Gasteiger partial charge in [-0.15, -0.1) is 0 Å². The number of carbonyl (C=O) groups is 1. The molecule has 0 unspecified atom stereocenters. The van der Waals surface area contributed by atoms with Gasteiger partial charge in [0.1, 0.15) is 11.3 Å². The van der Waals surface area contributed by atoms with Gasteiger partial charge in [0.15, 0.2) is 10.8 Å². The van der Waals surface area contributed by atoms with Crippen molar-refractivity contribution in [3.8, 4) is 5.75 Å². The summed E-state index contributed by atoms with van der Waals surface area (Å²) in [6.45, 7) is 1.70. The zero-order chi connectivity index (χ0) is 15.0. The molecule has 3 N–H and O–H groups in total. The van der Waals surface area contributed by atoms with Gasteiger partial charge in [-0.25, -0.2) is 4.98 Å². The topological polar surface area (TPSA) is 104 Å². The number of H-pyrrole nitrogens is 1. The lowest BCUT2D eigenvalue weighted by Gasteiger charge is -2.07. The van der Waals surface area contributed by atoms with E-state index in [1.165, 1.54) is 12.4 Å². The molecule has 7 nitrogen and oxygen atoms in total. The second-order valence-corrected chi connectivity index (χ2v) is 4.72. The van der Waals surface area contributed by atoms with E-state index in [4.69, 9.17) is 11.6 Å². The Morgan fingerprint density at radius 3 is 3.00 bits per heavy atom. The maximum Gasteiger partial charge on any atom is 0.261 e. The Hall–Kier alpha value is -2.67. The molecule has 0 aliphatic rings. The Balaban J connectivity index is 1.94. The van der Waals surface area contributed by atoms with Crippen molar-refractivity contribution in [1.29, 1.82) is 0 Å². The van der Waals surface area contributed by atoms with Crippen LogP contribution in [0.2, 0.25) is 5.15 Å². The molecule has 0 radical (unpaired) electrons. The lowest BCUT2D eigenvalue weighted by Crippen LogP contribution is -2.14. The number of amides is 1. The number of carbonyl (C=O) groups excluding carboxylic acids is 1. The third-order valence-corrected chi connectivity index (χ3v) is 3.22. The summed E-state index contributed by atoms with van der Waals surface area (Å²) in [4.78, 5) is 26.9. The highest BCUT2D eigenvalue weighted by Gasteiger charge is 2.15. The number of anilines is 1. The van der Waals surface area contributed by atoms with Crippen LogP contribution in [0.15, 0.2) is 24.5 Å². The molecule has 1 amide bonds. The zero-order valence-electron chi connectivity index (χ0n) is 10.9. The normalized spacial score (nSPS) is 10.8. The van der Waals surface area contributed by atoms with Gasteiger partial charge in [-0.2, -0.15) is 9.97 Å². The van der Waals surface area contributed by atoms with Crippen LogP contribution >= 0.6 is 11.6 Å². The van der Waals surface area contributed by atoms with Gasteiger partial charge in [0.05, 0.1) is 11.9 Å². The van der Waals surface area contributed by atoms with Gasteiger partial charge < -0.3 is 10.1 Å². The van der Waals surface area contributed by atoms with Crippen molar-refractivity contribution in [3.63, 3.8) is 0 Å². The number of nitrogens with zero attached hydrogens (tertiary/aromatic N) is 3. The molecular weight excluding hydrogens is 294 g/mol. The monoisotopic (exact) mass is 303 g/mol. The average Bonchev–Trinajstić information content (AvgIpc) is 2.90. The van der Waals surface area contributed by atoms with Crippen LogP contribution in [0, 0.1) is 6.92 Å². The molecule has 0 saturated carbocycles. The fraction of sp³-hybridized carbons (Fsp3) is 0.0769. The second-order valence-electron chi connectivity index (χ2n) is 4.36. The van der Waals surface area contributed by atoms with Crippen LogP contribution in [0.25, 0.3) is 11.2 Å². The molecule has 8 heteroatoms. The summed E-state index contributed by atoms with van der Waals surface area (Å²) in [7, 11) is 0. The molecule has 3 rings (SSSR count). The first-order chi connectivity index (χ1) is 10.1. The number of phenolic OH excluding ortho intramolecular Hbond substituents is 1. The smallest absolute Gasteiger partial charge is 0.261 e. The fourth-order valence-electron chi connectivity index (χ4n) is 1.86. The van der Waals surface area contributed by atoms with E-state index < -0.39 is 5.91 Å². The van der Waals surface area contributed by atoms with Gasteiger partial charge in [-0.05, 0) is 18.6 Å². The lowest BCUT2D eigenvalue weighted by atomic mass is 10.1. The summed E-state index contributed by atoms with van der Waals surface area (Å²) >= 11 is 5.97. The predicted octanol–water partition coefficient (Wildman–Crippen LogP) is 2.27. The number of hydrogen-bond donors (Lipinski definition) is 3. The van der Waals surface area contributed by atoms with E-state index in [0.717, 1.165) is 0 Å². The molecule has 0 aliphatic carbocycles. The highest BCUT2D eigenvalue weighted by Crippen LogP contribution is 2.23. The summed E-state index contributed by atoms with van der Waals surface area (Å²) in [5.74, 6) is -0.588. The second kappa shape index (κ2) is 5.02. The van der Waals surface area contributed by atoms with Crippen molar-refractivity contribution in [2.45, 2.75) is 6.92 Å². The minimum atomic E-state index is -0.526. The Kier molecular flexibility index (Phi) is 3.19. The van der Waals surface area contributed by atoms with E-state index in [1.807, 2.05) is 0 Å². The van der Waals surface area contributed by atoms with Crippen molar-refractivity contribution in [2.24, 2.45) is 0 Å². The summed E-state index contributed by atoms with van der Waals surface area (Å²) in [6, 6.07) is 4.89. The predicted molar refractivity (Wildman–Crippen MR) is 77.5 cm³/mol. The van der Waals surface area contributed by atoms with Gasteiger partial charge in [0.25, 0.3) is 5.91 Å². The molecule has 106 valence electrons. The number of halogens is 1. The number of aryl methyl sites for hydroxylation is 1. The number of benzene rings is 1. The molecular formula is C13H10ClN5O2. The average molecular weight is 304 g/mol. The Labute approximate surface area is 124 Å². The minimum absolute atomic E-state index is 0.0190.